The second kappa shape index (κ2) is 10.0. The van der Waals surface area contributed by atoms with Crippen molar-refractivity contribution in [1.29, 1.82) is 0 Å². The van der Waals surface area contributed by atoms with Gasteiger partial charge in [-0.15, -0.1) is 0 Å². The number of hydrogen-bond acceptors (Lipinski definition) is 7. The van der Waals surface area contributed by atoms with Gasteiger partial charge in [-0.05, 0) is 51.8 Å². The third kappa shape index (κ3) is 6.53. The molecule has 0 saturated carbocycles. The normalized spacial score (nSPS) is 15.5. The van der Waals surface area contributed by atoms with Gasteiger partial charge >= 0.3 is 6.09 Å². The van der Waals surface area contributed by atoms with Gasteiger partial charge in [0, 0.05) is 36.7 Å². The van der Waals surface area contributed by atoms with E-state index in [1.165, 1.54) is 0 Å². The van der Waals surface area contributed by atoms with Crippen LogP contribution in [-0.2, 0) is 20.0 Å². The molecule has 8 nitrogen and oxygen atoms in total. The van der Waals surface area contributed by atoms with Crippen LogP contribution in [0.4, 0.5) is 16.3 Å². The summed E-state index contributed by atoms with van der Waals surface area (Å²) < 4.78 is 23.0. The van der Waals surface area contributed by atoms with E-state index in [1.54, 1.807) is 42.7 Å². The van der Waals surface area contributed by atoms with Gasteiger partial charge in [0.05, 0.1) is 24.7 Å². The molecule has 0 bridgehead atoms. The molecule has 1 fully saturated rings. The number of nitrogens with zero attached hydrogens (tertiary/aromatic N) is 3. The van der Waals surface area contributed by atoms with Gasteiger partial charge in [-0.1, -0.05) is 18.2 Å². The van der Waals surface area contributed by atoms with E-state index in [0.29, 0.717) is 36.2 Å². The van der Waals surface area contributed by atoms with Crippen LogP contribution in [0, 0.1) is 0 Å². The summed E-state index contributed by atoms with van der Waals surface area (Å²) in [5.74, 6) is 5.79. The molecule has 0 spiro atoms. The standard InChI is InChI=1S/C24H26N4O4S/c1-33(2,30)17-20-16-22(28-12-14-31-15-13-28)27-23(25-20)18-8-10-19(11-9-18)26-24(29)32-21-6-4-3-5-7-21/h3-11,16H,1,12-15,17H2,2H3,(H,26,29). The number of hydrogen-bond donors (Lipinski definition) is 1. The van der Waals surface area contributed by atoms with Crippen molar-refractivity contribution in [3.8, 4) is 17.1 Å². The zero-order chi connectivity index (χ0) is 23.3. The molecule has 1 amide bonds. The minimum absolute atomic E-state index is 0.269. The second-order valence-electron chi connectivity index (χ2n) is 7.87. The Morgan fingerprint density at radius 3 is 2.48 bits per heavy atom. The zero-order valence-electron chi connectivity index (χ0n) is 18.4. The van der Waals surface area contributed by atoms with Crippen LogP contribution in [0.3, 0.4) is 0 Å². The molecule has 1 saturated heterocycles. The Morgan fingerprint density at radius 1 is 1.12 bits per heavy atom. The van der Waals surface area contributed by atoms with Crippen LogP contribution < -0.4 is 15.0 Å². The van der Waals surface area contributed by atoms with Crippen LogP contribution in [-0.4, -0.2) is 58.7 Å². The minimum Gasteiger partial charge on any atom is -0.410 e. The lowest BCUT2D eigenvalue weighted by Gasteiger charge is -2.28. The maximum atomic E-state index is 12.3. The maximum absolute atomic E-state index is 12.3. The predicted octanol–water partition coefficient (Wildman–Crippen LogP) is 3.44. The summed E-state index contributed by atoms with van der Waals surface area (Å²) in [6.07, 6.45) is 1.05. The molecule has 1 aliphatic heterocycles. The van der Waals surface area contributed by atoms with E-state index in [2.05, 4.69) is 21.1 Å². The summed E-state index contributed by atoms with van der Waals surface area (Å²) >= 11 is 0. The van der Waals surface area contributed by atoms with Crippen LogP contribution in [0.1, 0.15) is 5.69 Å². The van der Waals surface area contributed by atoms with Gasteiger partial charge in [-0.2, -0.15) is 0 Å². The fourth-order valence-corrected chi connectivity index (χ4v) is 4.17. The molecule has 2 aromatic carbocycles. The van der Waals surface area contributed by atoms with Crippen molar-refractivity contribution in [2.75, 3.05) is 42.8 Å². The monoisotopic (exact) mass is 466 g/mol. The van der Waals surface area contributed by atoms with Crippen molar-refractivity contribution in [3.05, 3.63) is 66.4 Å². The van der Waals surface area contributed by atoms with Gasteiger partial charge in [0.25, 0.3) is 0 Å². The highest BCUT2D eigenvalue weighted by Crippen LogP contribution is 2.24. The lowest BCUT2D eigenvalue weighted by atomic mass is 10.2. The van der Waals surface area contributed by atoms with Crippen LogP contribution in [0.15, 0.2) is 60.7 Å². The van der Waals surface area contributed by atoms with Crippen molar-refractivity contribution < 1.29 is 18.5 Å². The van der Waals surface area contributed by atoms with E-state index in [0.717, 1.165) is 24.5 Å². The highest BCUT2D eigenvalue weighted by molar-refractivity contribution is 7.98. The molecule has 0 aliphatic carbocycles. The summed E-state index contributed by atoms with van der Waals surface area (Å²) in [6.45, 7) is 2.73. The Bertz CT molecular complexity index is 1210. The molecule has 9 heteroatoms. The lowest BCUT2D eigenvalue weighted by molar-refractivity contribution is 0.122. The number of morpholine rings is 1. The molecule has 1 aromatic heterocycles. The number of para-hydroxylation sites is 1. The van der Waals surface area contributed by atoms with E-state index >= 15 is 0 Å². The van der Waals surface area contributed by atoms with Crippen LogP contribution >= 0.6 is 0 Å². The summed E-state index contributed by atoms with van der Waals surface area (Å²) in [4.78, 5) is 23.6. The second-order valence-corrected chi connectivity index (χ2v) is 10.5. The first-order chi connectivity index (χ1) is 15.9. The van der Waals surface area contributed by atoms with Crippen molar-refractivity contribution in [2.24, 2.45) is 0 Å². The first-order valence-corrected chi connectivity index (χ1v) is 12.8. The number of aromatic nitrogens is 2. The molecule has 3 aromatic rings. The molecule has 2 heterocycles. The summed E-state index contributed by atoms with van der Waals surface area (Å²) in [6, 6.07) is 17.9. The van der Waals surface area contributed by atoms with Crippen molar-refractivity contribution in [1.82, 2.24) is 9.97 Å². The van der Waals surface area contributed by atoms with Crippen molar-refractivity contribution >= 4 is 33.0 Å². The van der Waals surface area contributed by atoms with Gasteiger partial charge in [-0.25, -0.2) is 14.8 Å². The highest BCUT2D eigenvalue weighted by atomic mass is 32.2. The van der Waals surface area contributed by atoms with Gasteiger partial charge in [0.1, 0.15) is 11.6 Å². The minimum atomic E-state index is -2.26. The topological polar surface area (TPSA) is 93.7 Å². The molecule has 0 radical (unpaired) electrons. The third-order valence-electron chi connectivity index (χ3n) is 4.90. The number of nitrogens with one attached hydrogen (secondary N) is 1. The number of carbonyl (C=O) groups is 1. The molecule has 1 atom stereocenters. The van der Waals surface area contributed by atoms with E-state index in [1.807, 2.05) is 24.3 Å². The Kier molecular flexibility index (Phi) is 6.90. The van der Waals surface area contributed by atoms with Gasteiger partial charge in [-0.3, -0.25) is 9.53 Å². The first kappa shape index (κ1) is 22.8. The van der Waals surface area contributed by atoms with Crippen LogP contribution in [0.2, 0.25) is 0 Å². The van der Waals surface area contributed by atoms with E-state index in [9.17, 15) is 9.00 Å². The van der Waals surface area contributed by atoms with Crippen molar-refractivity contribution in [2.45, 2.75) is 5.75 Å². The van der Waals surface area contributed by atoms with E-state index in [4.69, 9.17) is 14.5 Å². The first-order valence-electron chi connectivity index (χ1n) is 10.5. The molecule has 1 aliphatic rings. The Balaban J connectivity index is 1.54. The molecular weight excluding hydrogens is 440 g/mol. The van der Waals surface area contributed by atoms with E-state index in [-0.39, 0.29) is 5.75 Å². The Labute approximate surface area is 193 Å². The van der Waals surface area contributed by atoms with Gasteiger partial charge in [0.15, 0.2) is 5.82 Å². The number of amides is 1. The smallest absolute Gasteiger partial charge is 0.410 e. The zero-order valence-corrected chi connectivity index (χ0v) is 19.2. The van der Waals surface area contributed by atoms with E-state index < -0.39 is 15.6 Å². The fourth-order valence-electron chi connectivity index (χ4n) is 3.39. The average molecular weight is 467 g/mol. The Morgan fingerprint density at radius 2 is 1.82 bits per heavy atom. The number of anilines is 2. The predicted molar refractivity (Wildman–Crippen MR) is 131 cm³/mol. The molecule has 1 N–H and O–H groups in total. The number of benzene rings is 2. The van der Waals surface area contributed by atoms with Crippen molar-refractivity contribution in [3.63, 3.8) is 0 Å². The molecular formula is C24H26N4O4S. The number of rotatable bonds is 6. The largest absolute Gasteiger partial charge is 0.417 e. The summed E-state index contributed by atoms with van der Waals surface area (Å²) in [5.41, 5.74) is 2.04. The molecule has 33 heavy (non-hydrogen) atoms. The third-order valence-corrected chi connectivity index (χ3v) is 5.80. The highest BCUT2D eigenvalue weighted by Gasteiger charge is 2.17. The Hall–Kier alpha value is -3.43. The average Bonchev–Trinajstić information content (AvgIpc) is 2.79. The SMILES string of the molecule is C=S(C)(=O)Cc1cc(N2CCOCC2)nc(-c2ccc(NC(=O)Oc3ccccc3)cc2)n1. The number of ether oxygens (including phenoxy) is 2. The van der Waals surface area contributed by atoms with Crippen LogP contribution in [0.5, 0.6) is 5.75 Å². The molecule has 172 valence electrons. The molecule has 4 rings (SSSR count). The molecule has 1 unspecified atom stereocenters. The fraction of sp³-hybridized carbons (Fsp3) is 0.250. The summed E-state index contributed by atoms with van der Waals surface area (Å²) in [7, 11) is -2.26. The quantitative estimate of drug-likeness (QED) is 0.556. The van der Waals surface area contributed by atoms with Gasteiger partial charge in [0.2, 0.25) is 0 Å². The lowest BCUT2D eigenvalue weighted by Crippen LogP contribution is -2.37. The summed E-state index contributed by atoms with van der Waals surface area (Å²) in [5, 5.41) is 2.70. The van der Waals surface area contributed by atoms with Gasteiger partial charge < -0.3 is 14.4 Å². The number of carbonyl (C=O) groups excluding carboxylic acids is 1. The van der Waals surface area contributed by atoms with Crippen LogP contribution in [0.25, 0.3) is 11.4 Å². The maximum Gasteiger partial charge on any atom is 0.417 e.